The van der Waals surface area contributed by atoms with Gasteiger partial charge in [-0.15, -0.1) is 0 Å². The van der Waals surface area contributed by atoms with E-state index in [1.165, 1.54) is 13.8 Å². The van der Waals surface area contributed by atoms with Crippen molar-refractivity contribution in [3.05, 3.63) is 11.6 Å². The van der Waals surface area contributed by atoms with E-state index in [1.807, 2.05) is 0 Å². The van der Waals surface area contributed by atoms with Gasteiger partial charge in [-0.2, -0.15) is 0 Å². The van der Waals surface area contributed by atoms with Crippen LogP contribution in [0.1, 0.15) is 120 Å². The van der Waals surface area contributed by atoms with Gasteiger partial charge in [0.2, 0.25) is 6.29 Å². The molecule has 6 saturated heterocycles. The molecule has 11 rings (SSSR count). The first-order chi connectivity index (χ1) is 44.5. The molecule has 10 fully saturated rings. The number of carbonyl (C=O) groups is 3. The zero-order valence-corrected chi connectivity index (χ0v) is 54.6. The molecule has 3 unspecified atom stereocenters. The molecule has 4 saturated carbocycles. The van der Waals surface area contributed by atoms with Crippen molar-refractivity contribution < 1.29 is 153 Å². The van der Waals surface area contributed by atoms with Crippen molar-refractivity contribution in [2.24, 2.45) is 50.2 Å². The summed E-state index contributed by atoms with van der Waals surface area (Å²) in [4.78, 5) is 42.7. The minimum Gasteiger partial charge on any atom is -0.479 e. The third-order valence-corrected chi connectivity index (χ3v) is 24.7. The average Bonchev–Trinajstić information content (AvgIpc) is 0.676. The Morgan fingerprint density at radius 3 is 1.72 bits per heavy atom. The summed E-state index contributed by atoms with van der Waals surface area (Å²) < 4.78 is 72.1. The number of allylic oxidation sites excluding steroid dienone is 2. The van der Waals surface area contributed by atoms with Gasteiger partial charge in [-0.05, 0) is 117 Å². The van der Waals surface area contributed by atoms with Gasteiger partial charge in [0.15, 0.2) is 43.7 Å². The maximum Gasteiger partial charge on any atom is 0.335 e. The zero-order chi connectivity index (χ0) is 69.3. The van der Waals surface area contributed by atoms with E-state index in [4.69, 9.17) is 56.8 Å². The molecule has 0 aromatic rings. The Hall–Kier alpha value is -2.69. The van der Waals surface area contributed by atoms with Crippen molar-refractivity contribution in [2.75, 3.05) is 19.8 Å². The Balaban J connectivity index is 0.845. The summed E-state index contributed by atoms with van der Waals surface area (Å²) in [6, 6.07) is 0. The number of esters is 1. The molecule has 0 bridgehead atoms. The largest absolute Gasteiger partial charge is 0.479 e. The molecular weight excluding hydrogens is 1260 g/mol. The molecule has 0 aromatic heterocycles. The number of fused-ring (bicyclic) bond motifs is 7. The number of aldehydes is 1. The van der Waals surface area contributed by atoms with Crippen LogP contribution in [-0.2, 0) is 71.2 Å². The Labute approximate surface area is 549 Å². The SMILES string of the molecule is C[C@@H]1O[C@@H](O[C@H]2[C@H](OC(=O)[C@]34CCC(C)(C)CC3C3=CCC5[C@@]6(C)CC[C@H](O[C@@H]7O[C@H](C(=O)O)[C@@H](O)[C@H](O[C@@H]8OC[C@@H](O)[C@H](O)[C@H]8O)[C@H]7O[C@@H]7O[C@H](CO)[C@H](O)[C@H](O)[C@H]7O)[C@@](C)(C=O)C6CC[C@@]5(C)[C@]3(C)CC4)O[C@H](C)[C@H](O)[C@@H]2O)[C@H](O)[C@H](O)[C@H]1O[C@@H]1OC[C@@H](O)[C@H](O)[C@H]1O. The molecule has 6 aliphatic heterocycles. The third kappa shape index (κ3) is 12.5. The van der Waals surface area contributed by atoms with Crippen molar-refractivity contribution in [2.45, 2.75) is 298 Å². The van der Waals surface area contributed by atoms with Gasteiger partial charge < -0.3 is 143 Å². The second-order valence-corrected chi connectivity index (χ2v) is 30.7. The van der Waals surface area contributed by atoms with Gasteiger partial charge in [0.1, 0.15) is 116 Å². The minimum absolute atomic E-state index is 0.0791. The number of aliphatic hydroxyl groups is 15. The summed E-state index contributed by atoms with van der Waals surface area (Å²) in [5.74, 6) is -3.18. The number of carbonyl (C=O) groups excluding carboxylic acids is 2. The van der Waals surface area contributed by atoms with Crippen LogP contribution in [0.25, 0.3) is 0 Å². The van der Waals surface area contributed by atoms with Gasteiger partial charge in [-0.1, -0.05) is 53.2 Å². The van der Waals surface area contributed by atoms with Crippen molar-refractivity contribution >= 4 is 18.2 Å². The summed E-state index contributed by atoms with van der Waals surface area (Å²) >= 11 is 0. The second kappa shape index (κ2) is 27.3. The molecule has 16 N–H and O–H groups in total. The van der Waals surface area contributed by atoms with Gasteiger partial charge >= 0.3 is 11.9 Å². The van der Waals surface area contributed by atoms with Crippen LogP contribution in [0, 0.1) is 50.2 Å². The number of carboxylic acids is 1. The molecule has 37 atom stereocenters. The van der Waals surface area contributed by atoms with Crippen LogP contribution in [0.5, 0.6) is 0 Å². The standard InChI is InChI=1S/C64H100O31/c1-24-34(69)39(74)49(93-54-44(79)40(75)46(25(2)87-54)90-52-41(76)35(70)28(67)21-84-52)56(86-24)95-58(83)64-17-15-59(3,4)19-27(64)26-9-10-32-60(5)13-12-33(61(6,23-66)31(60)11-14-63(32,8)62(26,7)16-18-64)89-57-50(94-55-43(78)38(73)37(72)30(20-65)88-55)47(45(80)48(92-57)51(81)82)91-53-42(77)36(71)29(68)22-85-53/h9,23-25,27-50,52-57,65,67-80H,10-22H2,1-8H3,(H,81,82)/t24-,25+,27?,28-,29-,30-,31?,32?,33+,34+,35+,36+,37+,38+,39+,40+,41-,42-,43-,44-,45+,46+,47+,48+,49-,50-,52+,53+,54+,55+,56+,57-,60+,61+,62-,63-,64+/m1/s1. The van der Waals surface area contributed by atoms with Gasteiger partial charge in [-0.3, -0.25) is 4.79 Å². The maximum atomic E-state index is 15.6. The third-order valence-electron chi connectivity index (χ3n) is 24.7. The number of ether oxygens (including phenoxy) is 12. The van der Waals surface area contributed by atoms with Crippen molar-refractivity contribution in [3.8, 4) is 0 Å². The van der Waals surface area contributed by atoms with Crippen molar-refractivity contribution in [1.82, 2.24) is 0 Å². The highest BCUT2D eigenvalue weighted by atomic mass is 16.8. The van der Waals surface area contributed by atoms with Gasteiger partial charge in [-0.25, -0.2) is 4.79 Å². The Kier molecular flexibility index (Phi) is 21.1. The van der Waals surface area contributed by atoms with E-state index in [2.05, 4.69) is 40.7 Å². The topological polar surface area (TPSA) is 486 Å². The van der Waals surface area contributed by atoms with E-state index in [1.54, 1.807) is 6.92 Å². The van der Waals surface area contributed by atoms with E-state index >= 15 is 4.79 Å². The number of rotatable bonds is 15. The summed E-state index contributed by atoms with van der Waals surface area (Å²) in [5, 5.41) is 173. The highest BCUT2D eigenvalue weighted by Crippen LogP contribution is 2.76. The molecule has 0 radical (unpaired) electrons. The lowest BCUT2D eigenvalue weighted by Crippen LogP contribution is -2.68. The van der Waals surface area contributed by atoms with Crippen molar-refractivity contribution in [1.29, 1.82) is 0 Å². The van der Waals surface area contributed by atoms with Crippen LogP contribution < -0.4 is 0 Å². The van der Waals surface area contributed by atoms with E-state index in [-0.39, 0.29) is 23.7 Å². The van der Waals surface area contributed by atoms with Gasteiger partial charge in [0.05, 0.1) is 49.0 Å². The smallest absolute Gasteiger partial charge is 0.335 e. The lowest BCUT2D eigenvalue weighted by atomic mass is 9.33. The summed E-state index contributed by atoms with van der Waals surface area (Å²) in [6.07, 6.45) is -41.9. The molecule has 11 aliphatic rings. The normalized spacial score (nSPS) is 54.7. The minimum atomic E-state index is -2.19. The molecule has 31 nitrogen and oxygen atoms in total. The fourth-order valence-electron chi connectivity index (χ4n) is 18.7. The average molecular weight is 1370 g/mol. The molecule has 542 valence electrons. The number of hydrogen-bond acceptors (Lipinski definition) is 30. The van der Waals surface area contributed by atoms with Crippen LogP contribution in [0.2, 0.25) is 0 Å². The van der Waals surface area contributed by atoms with Crippen LogP contribution >= 0.6 is 0 Å². The molecular formula is C64H100O31. The first-order valence-electron chi connectivity index (χ1n) is 33.4. The van der Waals surface area contributed by atoms with Crippen molar-refractivity contribution in [3.63, 3.8) is 0 Å². The summed E-state index contributed by atoms with van der Waals surface area (Å²) in [5.41, 5.74) is -3.23. The van der Waals surface area contributed by atoms with Gasteiger partial charge in [0.25, 0.3) is 0 Å². The molecule has 0 amide bonds. The molecule has 5 aliphatic carbocycles. The Morgan fingerprint density at radius 2 is 1.09 bits per heavy atom. The summed E-state index contributed by atoms with van der Waals surface area (Å²) in [7, 11) is 0. The zero-order valence-electron chi connectivity index (χ0n) is 54.6. The van der Waals surface area contributed by atoms with Gasteiger partial charge in [0, 0.05) is 0 Å². The van der Waals surface area contributed by atoms with E-state index in [9.17, 15) is 91.3 Å². The highest BCUT2D eigenvalue weighted by Gasteiger charge is 2.71. The van der Waals surface area contributed by atoms with Crippen LogP contribution in [0.4, 0.5) is 0 Å². The van der Waals surface area contributed by atoms with Crippen LogP contribution in [-0.4, -0.2) is 298 Å². The monoisotopic (exact) mass is 1360 g/mol. The predicted octanol–water partition coefficient (Wildman–Crippen LogP) is -3.78. The number of aliphatic hydroxyl groups excluding tert-OH is 15. The molecule has 0 spiro atoms. The number of aliphatic carboxylic acids is 1. The highest BCUT2D eigenvalue weighted by molar-refractivity contribution is 5.79. The Bertz CT molecular complexity index is 2760. The lowest BCUT2D eigenvalue weighted by molar-refractivity contribution is -0.391. The number of hydrogen-bond donors (Lipinski definition) is 16. The van der Waals surface area contributed by atoms with Crippen LogP contribution in [0.15, 0.2) is 11.6 Å². The number of carboxylic acid groups (broad SMARTS) is 1. The fourth-order valence-corrected chi connectivity index (χ4v) is 18.7. The fraction of sp³-hybridized carbons (Fsp3) is 0.922. The van der Waals surface area contributed by atoms with Crippen LogP contribution in [0.3, 0.4) is 0 Å². The van der Waals surface area contributed by atoms with E-state index in [0.717, 1.165) is 11.9 Å². The molecule has 6 heterocycles. The van der Waals surface area contributed by atoms with E-state index in [0.29, 0.717) is 57.8 Å². The molecule has 31 heteroatoms. The molecule has 95 heavy (non-hydrogen) atoms. The summed E-state index contributed by atoms with van der Waals surface area (Å²) in [6.45, 7) is 13.9. The quantitative estimate of drug-likeness (QED) is 0.0324. The first-order valence-corrected chi connectivity index (χ1v) is 33.4. The molecule has 0 aromatic carbocycles. The lowest BCUT2D eigenvalue weighted by Gasteiger charge is -2.71. The van der Waals surface area contributed by atoms with E-state index < -0.39 is 243 Å². The predicted molar refractivity (Wildman–Crippen MR) is 314 cm³/mol. The second-order valence-electron chi connectivity index (χ2n) is 30.7. The Morgan fingerprint density at radius 1 is 0.537 bits per heavy atom. The maximum absolute atomic E-state index is 15.6. The first kappa shape index (κ1) is 73.5.